The summed E-state index contributed by atoms with van der Waals surface area (Å²) in [5.74, 6) is -0.305. The third-order valence-electron chi connectivity index (χ3n) is 2.63. The minimum atomic E-state index is -0.485. The van der Waals surface area contributed by atoms with Crippen LogP contribution in [0.15, 0.2) is 35.1 Å². The number of nitrogens with one attached hydrogen (secondary N) is 1. The first-order valence-electron chi connectivity index (χ1n) is 6.11. The molecule has 0 bridgehead atoms. The Balaban J connectivity index is 2.02. The zero-order chi connectivity index (χ0) is 15.2. The summed E-state index contributed by atoms with van der Waals surface area (Å²) < 4.78 is 14.7. The Hall–Kier alpha value is -2.83. The van der Waals surface area contributed by atoms with Crippen LogP contribution < -0.4 is 10.1 Å². The molecule has 0 atom stereocenters. The van der Waals surface area contributed by atoms with Crippen LogP contribution in [0.4, 0.5) is 5.69 Å². The van der Waals surface area contributed by atoms with Crippen molar-refractivity contribution < 1.29 is 23.5 Å². The molecule has 7 nitrogen and oxygen atoms in total. The molecule has 0 aliphatic carbocycles. The Morgan fingerprint density at radius 2 is 2.19 bits per heavy atom. The topological polar surface area (TPSA) is 90.7 Å². The van der Waals surface area contributed by atoms with Crippen molar-refractivity contribution in [3.63, 3.8) is 0 Å². The molecule has 0 unspecified atom stereocenters. The van der Waals surface area contributed by atoms with Gasteiger partial charge in [0, 0.05) is 11.8 Å². The van der Waals surface area contributed by atoms with Crippen LogP contribution in [-0.4, -0.2) is 30.6 Å². The van der Waals surface area contributed by atoms with Crippen molar-refractivity contribution in [2.24, 2.45) is 0 Å². The number of esters is 1. The molecule has 0 fully saturated rings. The van der Waals surface area contributed by atoms with Gasteiger partial charge in [-0.2, -0.15) is 0 Å². The van der Waals surface area contributed by atoms with Crippen molar-refractivity contribution in [3.8, 4) is 5.75 Å². The second-order valence-corrected chi connectivity index (χ2v) is 4.11. The monoisotopic (exact) mass is 290 g/mol. The van der Waals surface area contributed by atoms with Crippen LogP contribution >= 0.6 is 0 Å². The summed E-state index contributed by atoms with van der Waals surface area (Å²) in [6.07, 6.45) is 1.21. The van der Waals surface area contributed by atoms with E-state index in [0.29, 0.717) is 17.1 Å². The molecule has 1 amide bonds. The molecule has 21 heavy (non-hydrogen) atoms. The van der Waals surface area contributed by atoms with Crippen LogP contribution in [0.2, 0.25) is 0 Å². The first-order chi connectivity index (χ1) is 10.1. The average molecular weight is 290 g/mol. The van der Waals surface area contributed by atoms with Gasteiger partial charge in [0.2, 0.25) is 5.76 Å². The van der Waals surface area contributed by atoms with Gasteiger partial charge in [0.25, 0.3) is 5.91 Å². The summed E-state index contributed by atoms with van der Waals surface area (Å²) in [6.45, 7) is 1.48. The first-order valence-corrected chi connectivity index (χ1v) is 6.11. The summed E-state index contributed by atoms with van der Waals surface area (Å²) in [5.41, 5.74) is 1.02. The zero-order valence-corrected chi connectivity index (χ0v) is 11.6. The molecule has 0 aliphatic heterocycles. The molecule has 110 valence electrons. The number of anilines is 1. The third-order valence-corrected chi connectivity index (χ3v) is 2.63. The molecular weight excluding hydrogens is 276 g/mol. The predicted octanol–water partition coefficient (Wildman–Crippen LogP) is 1.79. The molecule has 0 spiro atoms. The van der Waals surface area contributed by atoms with E-state index in [0.717, 1.165) is 0 Å². The fraction of sp³-hybridized carbons (Fsp3) is 0.214. The van der Waals surface area contributed by atoms with E-state index in [-0.39, 0.29) is 12.4 Å². The number of oxazole rings is 1. The molecule has 0 saturated carbocycles. The van der Waals surface area contributed by atoms with E-state index in [4.69, 9.17) is 9.15 Å². The molecule has 7 heteroatoms. The number of carbonyl (C=O) groups is 2. The summed E-state index contributed by atoms with van der Waals surface area (Å²) >= 11 is 0. The number of aryl methyl sites for hydroxylation is 1. The molecule has 0 saturated heterocycles. The Kier molecular flexibility index (Phi) is 4.55. The number of carbonyl (C=O) groups excluding carboxylic acids is 2. The lowest BCUT2D eigenvalue weighted by molar-refractivity contribution is -0.142. The lowest BCUT2D eigenvalue weighted by atomic mass is 10.3. The van der Waals surface area contributed by atoms with Gasteiger partial charge >= 0.3 is 5.97 Å². The quantitative estimate of drug-likeness (QED) is 0.844. The Bertz CT molecular complexity index is 650. The highest BCUT2D eigenvalue weighted by molar-refractivity contribution is 6.02. The van der Waals surface area contributed by atoms with Gasteiger partial charge in [0.15, 0.2) is 13.0 Å². The first kappa shape index (κ1) is 14.6. The third kappa shape index (κ3) is 3.82. The van der Waals surface area contributed by atoms with Crippen molar-refractivity contribution >= 4 is 17.6 Å². The number of ether oxygens (including phenoxy) is 2. The lowest BCUT2D eigenvalue weighted by Gasteiger charge is -2.07. The fourth-order valence-corrected chi connectivity index (χ4v) is 1.57. The highest BCUT2D eigenvalue weighted by atomic mass is 16.6. The minimum Gasteiger partial charge on any atom is -0.482 e. The Morgan fingerprint density at radius 3 is 2.86 bits per heavy atom. The molecular formula is C14H14N2O5. The summed E-state index contributed by atoms with van der Waals surface area (Å²) in [5, 5.41) is 2.66. The number of hydrogen-bond donors (Lipinski definition) is 1. The lowest BCUT2D eigenvalue weighted by Crippen LogP contribution is -2.14. The van der Waals surface area contributed by atoms with Gasteiger partial charge in [-0.25, -0.2) is 9.78 Å². The van der Waals surface area contributed by atoms with Crippen LogP contribution in [0.25, 0.3) is 0 Å². The number of methoxy groups -OCH3 is 1. The minimum absolute atomic E-state index is 0.149. The number of hydrogen-bond acceptors (Lipinski definition) is 6. The van der Waals surface area contributed by atoms with Crippen molar-refractivity contribution in [2.75, 3.05) is 19.0 Å². The van der Waals surface area contributed by atoms with E-state index in [1.165, 1.54) is 13.5 Å². The summed E-state index contributed by atoms with van der Waals surface area (Å²) in [4.78, 5) is 26.8. The van der Waals surface area contributed by atoms with Crippen LogP contribution in [0.1, 0.15) is 16.2 Å². The van der Waals surface area contributed by atoms with E-state index in [9.17, 15) is 9.59 Å². The molecule has 1 N–H and O–H groups in total. The normalized spacial score (nSPS) is 10.0. The van der Waals surface area contributed by atoms with E-state index in [1.54, 1.807) is 31.2 Å². The number of nitrogens with zero attached hydrogens (tertiary/aromatic N) is 1. The Morgan fingerprint density at radius 1 is 1.38 bits per heavy atom. The number of amides is 1. The van der Waals surface area contributed by atoms with Gasteiger partial charge in [-0.05, 0) is 19.1 Å². The summed E-state index contributed by atoms with van der Waals surface area (Å²) in [7, 11) is 1.28. The molecule has 0 radical (unpaired) electrons. The van der Waals surface area contributed by atoms with Crippen LogP contribution in [0, 0.1) is 6.92 Å². The van der Waals surface area contributed by atoms with Crippen molar-refractivity contribution in [1.29, 1.82) is 0 Å². The highest BCUT2D eigenvalue weighted by Crippen LogP contribution is 2.18. The predicted molar refractivity (Wildman–Crippen MR) is 73.1 cm³/mol. The fourth-order valence-electron chi connectivity index (χ4n) is 1.57. The van der Waals surface area contributed by atoms with Crippen LogP contribution in [0.5, 0.6) is 5.75 Å². The molecule has 1 heterocycles. The van der Waals surface area contributed by atoms with E-state index in [1.807, 2.05) is 0 Å². The molecule has 0 aliphatic rings. The molecule has 1 aromatic carbocycles. The van der Waals surface area contributed by atoms with Crippen molar-refractivity contribution in [1.82, 2.24) is 4.98 Å². The molecule has 2 rings (SSSR count). The number of aromatic nitrogens is 1. The van der Waals surface area contributed by atoms with Gasteiger partial charge in [0.1, 0.15) is 5.75 Å². The molecule has 1 aromatic heterocycles. The zero-order valence-electron chi connectivity index (χ0n) is 11.6. The second-order valence-electron chi connectivity index (χ2n) is 4.11. The number of rotatable bonds is 5. The number of benzene rings is 1. The van der Waals surface area contributed by atoms with E-state index >= 15 is 0 Å². The van der Waals surface area contributed by atoms with Gasteiger partial charge in [-0.3, -0.25) is 4.79 Å². The second kappa shape index (κ2) is 6.56. The van der Waals surface area contributed by atoms with Crippen molar-refractivity contribution in [2.45, 2.75) is 6.92 Å². The van der Waals surface area contributed by atoms with Gasteiger partial charge in [0.05, 0.1) is 12.8 Å². The Labute approximate surface area is 120 Å². The van der Waals surface area contributed by atoms with Crippen LogP contribution in [0.3, 0.4) is 0 Å². The van der Waals surface area contributed by atoms with E-state index < -0.39 is 11.9 Å². The molecule has 2 aromatic rings. The maximum atomic E-state index is 12.0. The largest absolute Gasteiger partial charge is 0.482 e. The van der Waals surface area contributed by atoms with Crippen LogP contribution in [-0.2, 0) is 9.53 Å². The SMILES string of the molecule is COC(=O)COc1cccc(NC(=O)c2ocnc2C)c1. The standard InChI is InChI=1S/C14H14N2O5/c1-9-13(21-8-15-9)14(18)16-10-4-3-5-11(6-10)20-7-12(17)19-2/h3-6,8H,7H2,1-2H3,(H,16,18). The highest BCUT2D eigenvalue weighted by Gasteiger charge is 2.14. The maximum Gasteiger partial charge on any atom is 0.343 e. The van der Waals surface area contributed by atoms with Gasteiger partial charge < -0.3 is 19.2 Å². The van der Waals surface area contributed by atoms with Gasteiger partial charge in [-0.1, -0.05) is 6.07 Å². The maximum absolute atomic E-state index is 12.0. The van der Waals surface area contributed by atoms with Gasteiger partial charge in [-0.15, -0.1) is 0 Å². The summed E-state index contributed by atoms with van der Waals surface area (Å²) in [6, 6.07) is 6.63. The smallest absolute Gasteiger partial charge is 0.343 e. The van der Waals surface area contributed by atoms with E-state index in [2.05, 4.69) is 15.0 Å². The van der Waals surface area contributed by atoms with Crippen molar-refractivity contribution in [3.05, 3.63) is 42.1 Å². The average Bonchev–Trinajstić information content (AvgIpc) is 2.91.